The minimum absolute atomic E-state index is 0. The number of rotatable bonds is 6. The summed E-state index contributed by atoms with van der Waals surface area (Å²) in [5.74, 6) is 0.672. The molecule has 0 spiro atoms. The Morgan fingerprint density at radius 3 is 2.77 bits per heavy atom. The molecule has 7 heteroatoms. The Labute approximate surface area is 175 Å². The van der Waals surface area contributed by atoms with E-state index in [1.54, 1.807) is 13.0 Å². The van der Waals surface area contributed by atoms with Gasteiger partial charge < -0.3 is 15.7 Å². The third kappa shape index (κ3) is 5.17. The van der Waals surface area contributed by atoms with Gasteiger partial charge in [-0.25, -0.2) is 9.38 Å². The first-order valence-corrected chi connectivity index (χ1v) is 9.45. The monoisotopic (exact) mass is 489 g/mol. The Hall–Kier alpha value is -1.19. The van der Waals surface area contributed by atoms with E-state index in [4.69, 9.17) is 0 Å². The zero-order valence-electron chi connectivity index (χ0n) is 14.9. The lowest BCUT2D eigenvalue weighted by Crippen LogP contribution is -2.40. The highest BCUT2D eigenvalue weighted by atomic mass is 127. The molecule has 1 heterocycles. The van der Waals surface area contributed by atoms with E-state index in [1.165, 1.54) is 17.4 Å². The molecule has 26 heavy (non-hydrogen) atoms. The number of hydrogen-bond acceptors (Lipinski definition) is 3. The number of halogens is 2. The van der Waals surface area contributed by atoms with Gasteiger partial charge >= 0.3 is 0 Å². The Bertz CT molecular complexity index is 736. The molecule has 1 aliphatic rings. The molecular weight excluding hydrogens is 464 g/mol. The Morgan fingerprint density at radius 2 is 2.12 bits per heavy atom. The normalized spacial score (nSPS) is 21.5. The fourth-order valence-corrected chi connectivity index (χ4v) is 3.64. The van der Waals surface area contributed by atoms with Crippen molar-refractivity contribution in [1.29, 1.82) is 0 Å². The van der Waals surface area contributed by atoms with E-state index in [1.807, 2.05) is 36.6 Å². The summed E-state index contributed by atoms with van der Waals surface area (Å²) in [6.07, 6.45) is 0.882. The molecule has 4 nitrogen and oxygen atoms in total. The first-order chi connectivity index (χ1) is 12.0. The number of hydrogen-bond donors (Lipinski definition) is 3. The summed E-state index contributed by atoms with van der Waals surface area (Å²) in [5.41, 5.74) is -0.244. The fraction of sp³-hybridized carbons (Fsp3) is 0.421. The second kappa shape index (κ2) is 9.14. The lowest BCUT2D eigenvalue weighted by atomic mass is 10.1. The molecule has 1 aromatic carbocycles. The van der Waals surface area contributed by atoms with E-state index < -0.39 is 5.60 Å². The van der Waals surface area contributed by atoms with Crippen LogP contribution in [0.2, 0.25) is 0 Å². The molecule has 3 N–H and O–H groups in total. The van der Waals surface area contributed by atoms with Crippen LogP contribution in [0.3, 0.4) is 0 Å². The van der Waals surface area contributed by atoms with Crippen molar-refractivity contribution >= 4 is 41.3 Å². The number of aliphatic imine (C=N–C) groups is 1. The standard InChI is InChI=1S/C19H24FN3OS.HI/c1-3-21-18(22-12-19(2,24)17-9-6-10-25-17)23-16-11-14(16)13-7-4-5-8-15(13)20;/h4-10,14,16,24H,3,11-12H2,1-2H3,(H2,21,22,23);1H. The first-order valence-electron chi connectivity index (χ1n) is 8.57. The summed E-state index contributed by atoms with van der Waals surface area (Å²) in [6.45, 7) is 4.75. The van der Waals surface area contributed by atoms with Gasteiger partial charge in [0.2, 0.25) is 0 Å². The van der Waals surface area contributed by atoms with Gasteiger partial charge in [-0.05, 0) is 43.3 Å². The predicted octanol–water partition coefficient (Wildman–Crippen LogP) is 3.82. The SMILES string of the molecule is CCNC(=NCC(C)(O)c1cccs1)NC1CC1c1ccccc1F.I. The van der Waals surface area contributed by atoms with Crippen molar-refractivity contribution in [2.24, 2.45) is 4.99 Å². The van der Waals surface area contributed by atoms with Crippen molar-refractivity contribution in [1.82, 2.24) is 10.6 Å². The molecule has 0 amide bonds. The van der Waals surface area contributed by atoms with Gasteiger partial charge in [0.25, 0.3) is 0 Å². The van der Waals surface area contributed by atoms with Crippen LogP contribution in [0.4, 0.5) is 4.39 Å². The van der Waals surface area contributed by atoms with E-state index in [0.29, 0.717) is 5.96 Å². The largest absolute Gasteiger partial charge is 0.383 e. The maximum Gasteiger partial charge on any atom is 0.191 e. The van der Waals surface area contributed by atoms with Gasteiger partial charge in [0, 0.05) is 23.4 Å². The summed E-state index contributed by atoms with van der Waals surface area (Å²) >= 11 is 1.52. The average Bonchev–Trinajstić information content (AvgIpc) is 3.10. The molecular formula is C19H25FIN3OS. The summed E-state index contributed by atoms with van der Waals surface area (Å²) in [6, 6.07) is 10.9. The Kier molecular flexibility index (Phi) is 7.42. The highest BCUT2D eigenvalue weighted by Crippen LogP contribution is 2.41. The molecule has 0 radical (unpaired) electrons. The molecule has 142 valence electrons. The number of guanidine groups is 1. The van der Waals surface area contributed by atoms with Crippen LogP contribution in [0.1, 0.15) is 36.6 Å². The minimum Gasteiger partial charge on any atom is -0.383 e. The summed E-state index contributed by atoms with van der Waals surface area (Å²) < 4.78 is 13.9. The molecule has 1 aromatic heterocycles. The van der Waals surface area contributed by atoms with Crippen LogP contribution in [0.5, 0.6) is 0 Å². The first kappa shape index (κ1) is 21.1. The van der Waals surface area contributed by atoms with E-state index in [2.05, 4.69) is 15.6 Å². The van der Waals surface area contributed by atoms with Gasteiger partial charge in [0.05, 0.1) is 6.54 Å². The van der Waals surface area contributed by atoms with Gasteiger partial charge in [-0.2, -0.15) is 0 Å². The summed E-state index contributed by atoms with van der Waals surface area (Å²) in [5, 5.41) is 19.1. The van der Waals surface area contributed by atoms with Crippen molar-refractivity contribution < 1.29 is 9.50 Å². The minimum atomic E-state index is -0.995. The van der Waals surface area contributed by atoms with E-state index in [-0.39, 0.29) is 48.3 Å². The molecule has 3 rings (SSSR count). The third-order valence-electron chi connectivity index (χ3n) is 4.36. The van der Waals surface area contributed by atoms with Crippen molar-refractivity contribution in [2.75, 3.05) is 13.1 Å². The fourth-order valence-electron chi connectivity index (χ4n) is 2.87. The maximum atomic E-state index is 13.9. The van der Waals surface area contributed by atoms with Crippen molar-refractivity contribution in [3.05, 3.63) is 58.0 Å². The van der Waals surface area contributed by atoms with E-state index >= 15 is 0 Å². The van der Waals surface area contributed by atoms with Crippen molar-refractivity contribution in [2.45, 2.75) is 37.8 Å². The van der Waals surface area contributed by atoms with Crippen LogP contribution in [0, 0.1) is 5.82 Å². The molecule has 2 aromatic rings. The quantitative estimate of drug-likeness (QED) is 0.329. The number of nitrogens with one attached hydrogen (secondary N) is 2. The van der Waals surface area contributed by atoms with Gasteiger partial charge in [-0.1, -0.05) is 24.3 Å². The highest BCUT2D eigenvalue weighted by molar-refractivity contribution is 14.0. The zero-order valence-corrected chi connectivity index (χ0v) is 18.1. The lowest BCUT2D eigenvalue weighted by Gasteiger charge is -2.20. The van der Waals surface area contributed by atoms with Crippen LogP contribution in [0.15, 0.2) is 46.8 Å². The number of aliphatic hydroxyl groups is 1. The summed E-state index contributed by atoms with van der Waals surface area (Å²) in [4.78, 5) is 5.42. The summed E-state index contributed by atoms with van der Waals surface area (Å²) in [7, 11) is 0. The smallest absolute Gasteiger partial charge is 0.191 e. The molecule has 1 aliphatic carbocycles. The van der Waals surface area contributed by atoms with Crippen LogP contribution >= 0.6 is 35.3 Å². The number of benzene rings is 1. The van der Waals surface area contributed by atoms with Crippen LogP contribution in [0.25, 0.3) is 0 Å². The molecule has 1 saturated carbocycles. The van der Waals surface area contributed by atoms with Gasteiger partial charge in [-0.3, -0.25) is 0 Å². The maximum absolute atomic E-state index is 13.9. The average molecular weight is 489 g/mol. The molecule has 0 aliphatic heterocycles. The van der Waals surface area contributed by atoms with E-state index in [0.717, 1.165) is 23.4 Å². The van der Waals surface area contributed by atoms with Crippen LogP contribution < -0.4 is 10.6 Å². The topological polar surface area (TPSA) is 56.7 Å². The Balaban J connectivity index is 0.00000243. The van der Waals surface area contributed by atoms with Crippen molar-refractivity contribution in [3.8, 4) is 0 Å². The van der Waals surface area contributed by atoms with Crippen molar-refractivity contribution in [3.63, 3.8) is 0 Å². The molecule has 0 saturated heterocycles. The van der Waals surface area contributed by atoms with Gasteiger partial charge in [0.1, 0.15) is 11.4 Å². The molecule has 3 unspecified atom stereocenters. The number of thiophene rings is 1. The number of nitrogens with zero attached hydrogens (tertiary/aromatic N) is 1. The van der Waals surface area contributed by atoms with E-state index in [9.17, 15) is 9.50 Å². The zero-order chi connectivity index (χ0) is 17.9. The third-order valence-corrected chi connectivity index (χ3v) is 5.48. The van der Waals surface area contributed by atoms with Gasteiger partial charge in [0.15, 0.2) is 5.96 Å². The molecule has 0 bridgehead atoms. The van der Waals surface area contributed by atoms with Crippen LogP contribution in [-0.4, -0.2) is 30.2 Å². The second-order valence-electron chi connectivity index (χ2n) is 6.56. The van der Waals surface area contributed by atoms with Crippen LogP contribution in [-0.2, 0) is 5.60 Å². The predicted molar refractivity (Wildman–Crippen MR) is 116 cm³/mol. The highest BCUT2D eigenvalue weighted by Gasteiger charge is 2.40. The second-order valence-corrected chi connectivity index (χ2v) is 7.51. The lowest BCUT2D eigenvalue weighted by molar-refractivity contribution is 0.0711. The molecule has 1 fully saturated rings. The molecule has 3 atom stereocenters. The van der Waals surface area contributed by atoms with Gasteiger partial charge in [-0.15, -0.1) is 35.3 Å². The Morgan fingerprint density at radius 1 is 1.35 bits per heavy atom.